The Bertz CT molecular complexity index is 1120. The van der Waals surface area contributed by atoms with Crippen LogP contribution in [0.3, 0.4) is 0 Å². The maximum atomic E-state index is 11.3. The summed E-state index contributed by atoms with van der Waals surface area (Å²) in [5, 5.41) is 14.5. The Balaban J connectivity index is 1.37. The van der Waals surface area contributed by atoms with Gasteiger partial charge in [-0.05, 0) is 55.7 Å². The highest BCUT2D eigenvalue weighted by atomic mass is 16.6. The number of carboxylic acids is 1. The first-order chi connectivity index (χ1) is 16.1. The standard InChI is InChI=1S/C25H29N3O5/c1-3-32-22(25(29)30)16-17-4-9-20(10-5-17)33-15-14-28-13-12-19-8-11-21(26-24(19)28)23(27-31-2)18-6-7-18/h4-5,8-13,18,22H,3,6-7,14-16H2,1-2H3,(H,29,30). The third kappa shape index (κ3) is 5.70. The molecule has 2 aromatic heterocycles. The maximum Gasteiger partial charge on any atom is 0.333 e. The Morgan fingerprint density at radius 2 is 2.00 bits per heavy atom. The van der Waals surface area contributed by atoms with Gasteiger partial charge >= 0.3 is 5.97 Å². The second-order valence-electron chi connectivity index (χ2n) is 8.03. The number of carbonyl (C=O) groups is 1. The van der Waals surface area contributed by atoms with E-state index in [1.54, 1.807) is 14.0 Å². The van der Waals surface area contributed by atoms with Gasteiger partial charge in [-0.15, -0.1) is 0 Å². The van der Waals surface area contributed by atoms with Gasteiger partial charge in [0, 0.05) is 30.5 Å². The lowest BCUT2D eigenvalue weighted by molar-refractivity contribution is -0.149. The summed E-state index contributed by atoms with van der Waals surface area (Å²) in [6, 6.07) is 13.6. The van der Waals surface area contributed by atoms with Gasteiger partial charge in [0.15, 0.2) is 6.10 Å². The highest BCUT2D eigenvalue weighted by Gasteiger charge is 2.30. The van der Waals surface area contributed by atoms with Crippen LogP contribution in [0.5, 0.6) is 5.75 Å². The number of nitrogens with zero attached hydrogens (tertiary/aromatic N) is 3. The summed E-state index contributed by atoms with van der Waals surface area (Å²) in [5.74, 6) is 0.213. The minimum Gasteiger partial charge on any atom is -0.492 e. The van der Waals surface area contributed by atoms with Gasteiger partial charge < -0.3 is 24.0 Å². The summed E-state index contributed by atoms with van der Waals surface area (Å²) >= 11 is 0. The smallest absolute Gasteiger partial charge is 0.333 e. The quantitative estimate of drug-likeness (QED) is 0.331. The molecule has 2 heterocycles. The number of aromatic nitrogens is 2. The number of pyridine rings is 1. The molecule has 3 aromatic rings. The zero-order valence-corrected chi connectivity index (χ0v) is 18.9. The SMILES string of the molecule is CCOC(Cc1ccc(OCCn2ccc3ccc(C(=NOC)C4CC4)nc32)cc1)C(=O)O. The van der Waals surface area contributed by atoms with Crippen molar-refractivity contribution in [2.45, 2.75) is 38.8 Å². The molecule has 1 aliphatic carbocycles. The zero-order valence-electron chi connectivity index (χ0n) is 18.9. The van der Waals surface area contributed by atoms with Crippen molar-refractivity contribution in [3.63, 3.8) is 0 Å². The van der Waals surface area contributed by atoms with E-state index in [1.807, 2.05) is 42.6 Å². The lowest BCUT2D eigenvalue weighted by Gasteiger charge is -2.13. The van der Waals surface area contributed by atoms with E-state index in [1.165, 1.54) is 0 Å². The van der Waals surface area contributed by atoms with Gasteiger partial charge in [0.05, 0.1) is 12.2 Å². The average molecular weight is 452 g/mol. The Hall–Kier alpha value is -3.39. The number of carboxylic acid groups (broad SMARTS) is 1. The number of benzene rings is 1. The molecule has 8 heteroatoms. The molecule has 1 unspecified atom stereocenters. The minimum atomic E-state index is -0.953. The van der Waals surface area contributed by atoms with Crippen molar-refractivity contribution in [2.75, 3.05) is 20.3 Å². The monoisotopic (exact) mass is 451 g/mol. The first kappa shape index (κ1) is 22.8. The van der Waals surface area contributed by atoms with Crippen LogP contribution in [0.25, 0.3) is 11.0 Å². The molecule has 1 atom stereocenters. The molecule has 33 heavy (non-hydrogen) atoms. The molecule has 1 aliphatic rings. The summed E-state index contributed by atoms with van der Waals surface area (Å²) in [7, 11) is 1.57. The molecule has 0 aliphatic heterocycles. The molecular weight excluding hydrogens is 422 g/mol. The van der Waals surface area contributed by atoms with E-state index >= 15 is 0 Å². The first-order valence-electron chi connectivity index (χ1n) is 11.2. The van der Waals surface area contributed by atoms with Crippen molar-refractivity contribution < 1.29 is 24.2 Å². The summed E-state index contributed by atoms with van der Waals surface area (Å²) in [6.07, 6.45) is 3.74. The number of hydrogen-bond acceptors (Lipinski definition) is 6. The van der Waals surface area contributed by atoms with Crippen molar-refractivity contribution in [3.8, 4) is 5.75 Å². The van der Waals surface area contributed by atoms with Crippen molar-refractivity contribution in [3.05, 3.63) is 59.9 Å². The van der Waals surface area contributed by atoms with Gasteiger partial charge in [0.2, 0.25) is 0 Å². The Morgan fingerprint density at radius 3 is 2.67 bits per heavy atom. The third-order valence-electron chi connectivity index (χ3n) is 5.62. The fourth-order valence-electron chi connectivity index (χ4n) is 3.79. The predicted octanol–water partition coefficient (Wildman–Crippen LogP) is 3.91. The highest BCUT2D eigenvalue weighted by molar-refractivity contribution is 6.03. The lowest BCUT2D eigenvalue weighted by Crippen LogP contribution is -2.26. The van der Waals surface area contributed by atoms with Crippen LogP contribution in [0.2, 0.25) is 0 Å². The highest BCUT2D eigenvalue weighted by Crippen LogP contribution is 2.33. The molecule has 8 nitrogen and oxygen atoms in total. The molecule has 1 fully saturated rings. The van der Waals surface area contributed by atoms with E-state index in [-0.39, 0.29) is 0 Å². The number of ether oxygens (including phenoxy) is 2. The van der Waals surface area contributed by atoms with Crippen molar-refractivity contribution in [2.24, 2.45) is 11.1 Å². The Morgan fingerprint density at radius 1 is 1.21 bits per heavy atom. The third-order valence-corrected chi connectivity index (χ3v) is 5.62. The number of fused-ring (bicyclic) bond motifs is 1. The van der Waals surface area contributed by atoms with Gasteiger partial charge in [-0.1, -0.05) is 17.3 Å². The van der Waals surface area contributed by atoms with Crippen LogP contribution in [0.1, 0.15) is 31.0 Å². The van der Waals surface area contributed by atoms with Gasteiger partial charge in [-0.3, -0.25) is 0 Å². The van der Waals surface area contributed by atoms with Crippen LogP contribution in [0, 0.1) is 5.92 Å². The Labute approximate surface area is 192 Å². The van der Waals surface area contributed by atoms with Gasteiger partial charge in [-0.25, -0.2) is 9.78 Å². The van der Waals surface area contributed by atoms with E-state index in [9.17, 15) is 9.90 Å². The minimum absolute atomic E-state index is 0.321. The molecule has 1 saturated carbocycles. The molecule has 1 N–H and O–H groups in total. The predicted molar refractivity (Wildman–Crippen MR) is 125 cm³/mol. The van der Waals surface area contributed by atoms with Crippen molar-refractivity contribution >= 4 is 22.7 Å². The molecule has 0 saturated heterocycles. The van der Waals surface area contributed by atoms with Gasteiger partial charge in [0.1, 0.15) is 30.8 Å². The van der Waals surface area contributed by atoms with Gasteiger partial charge in [0.25, 0.3) is 0 Å². The summed E-state index contributed by atoms with van der Waals surface area (Å²) in [5.41, 5.74) is 3.56. The number of hydrogen-bond donors (Lipinski definition) is 1. The average Bonchev–Trinajstić information content (AvgIpc) is 3.58. The number of oxime groups is 1. The van der Waals surface area contributed by atoms with E-state index < -0.39 is 12.1 Å². The molecule has 1 aromatic carbocycles. The van der Waals surface area contributed by atoms with Crippen LogP contribution in [-0.4, -0.2) is 52.8 Å². The topological polar surface area (TPSA) is 95.2 Å². The van der Waals surface area contributed by atoms with Crippen LogP contribution >= 0.6 is 0 Å². The zero-order chi connectivity index (χ0) is 23.2. The summed E-state index contributed by atoms with van der Waals surface area (Å²) in [4.78, 5) is 21.1. The fourth-order valence-corrected chi connectivity index (χ4v) is 3.79. The van der Waals surface area contributed by atoms with E-state index in [0.717, 1.165) is 46.6 Å². The van der Waals surface area contributed by atoms with Crippen LogP contribution in [0.15, 0.2) is 53.8 Å². The number of rotatable bonds is 12. The lowest BCUT2D eigenvalue weighted by atomic mass is 10.1. The van der Waals surface area contributed by atoms with Crippen LogP contribution in [-0.2, 0) is 27.3 Å². The normalized spacial score (nSPS) is 14.9. The summed E-state index contributed by atoms with van der Waals surface area (Å²) < 4.78 is 13.3. The van der Waals surface area contributed by atoms with Crippen LogP contribution in [0.4, 0.5) is 0 Å². The van der Waals surface area contributed by atoms with E-state index in [2.05, 4.69) is 15.8 Å². The molecule has 174 valence electrons. The molecule has 0 spiro atoms. The maximum absolute atomic E-state index is 11.3. The first-order valence-corrected chi connectivity index (χ1v) is 11.2. The molecule has 0 amide bonds. The number of aliphatic carboxylic acids is 1. The Kier molecular flexibility index (Phi) is 7.24. The van der Waals surface area contributed by atoms with Gasteiger partial charge in [-0.2, -0.15) is 0 Å². The summed E-state index contributed by atoms with van der Waals surface area (Å²) in [6.45, 7) is 3.28. The van der Waals surface area contributed by atoms with E-state index in [0.29, 0.717) is 32.1 Å². The fraction of sp³-hybridized carbons (Fsp3) is 0.400. The molecule has 0 radical (unpaired) electrons. The molecule has 0 bridgehead atoms. The van der Waals surface area contributed by atoms with Crippen LogP contribution < -0.4 is 4.74 Å². The second-order valence-corrected chi connectivity index (χ2v) is 8.03. The van der Waals surface area contributed by atoms with Crippen molar-refractivity contribution in [1.29, 1.82) is 0 Å². The molecular formula is C25H29N3O5. The van der Waals surface area contributed by atoms with Crippen molar-refractivity contribution in [1.82, 2.24) is 9.55 Å². The second kappa shape index (κ2) is 10.5. The van der Waals surface area contributed by atoms with E-state index in [4.69, 9.17) is 19.3 Å². The molecule has 4 rings (SSSR count). The largest absolute Gasteiger partial charge is 0.492 e.